The number of carbonyl (C=O) groups is 1. The number of cyclic esters (lactones) is 1. The van der Waals surface area contributed by atoms with Crippen molar-refractivity contribution in [3.63, 3.8) is 0 Å². The van der Waals surface area contributed by atoms with Gasteiger partial charge in [0.15, 0.2) is 23.0 Å². The molecule has 5 rings (SSSR count). The highest BCUT2D eigenvalue weighted by Crippen LogP contribution is 2.34. The highest BCUT2D eigenvalue weighted by molar-refractivity contribution is 5.96. The summed E-state index contributed by atoms with van der Waals surface area (Å²) < 4.78 is 28.6. The Balaban J connectivity index is 1.28. The fourth-order valence-corrected chi connectivity index (χ4v) is 4.65. The van der Waals surface area contributed by atoms with E-state index in [-0.39, 0.29) is 11.9 Å². The van der Waals surface area contributed by atoms with Crippen molar-refractivity contribution in [1.82, 2.24) is 0 Å². The Labute approximate surface area is 234 Å². The van der Waals surface area contributed by atoms with Crippen LogP contribution in [0.15, 0.2) is 103 Å². The molecule has 0 spiro atoms. The van der Waals surface area contributed by atoms with Gasteiger partial charge in [-0.2, -0.15) is 0 Å². The minimum Gasteiger partial charge on any atom is -0.493 e. The van der Waals surface area contributed by atoms with E-state index >= 15 is 0 Å². The van der Waals surface area contributed by atoms with Gasteiger partial charge in [0.05, 0.1) is 20.8 Å². The van der Waals surface area contributed by atoms with Gasteiger partial charge in [-0.25, -0.2) is 4.79 Å². The second-order valence-corrected chi connectivity index (χ2v) is 9.54. The third-order valence-electron chi connectivity index (χ3n) is 6.79. The Morgan fingerprint density at radius 2 is 1.27 bits per heavy atom. The molecule has 0 saturated carbocycles. The molecule has 0 aliphatic carbocycles. The van der Waals surface area contributed by atoms with Crippen LogP contribution in [0.1, 0.15) is 22.3 Å². The molecule has 0 aromatic heterocycles. The van der Waals surface area contributed by atoms with E-state index in [0.717, 1.165) is 22.3 Å². The monoisotopic (exact) mass is 536 g/mol. The van der Waals surface area contributed by atoms with E-state index < -0.39 is 0 Å². The average Bonchev–Trinajstić information content (AvgIpc) is 3.34. The predicted molar refractivity (Wildman–Crippen MR) is 154 cm³/mol. The maximum atomic E-state index is 12.7. The molecule has 0 amide bonds. The molecule has 4 aromatic rings. The first-order chi connectivity index (χ1) is 19.6. The van der Waals surface area contributed by atoms with Crippen molar-refractivity contribution >= 4 is 12.0 Å². The number of rotatable bonds is 11. The van der Waals surface area contributed by atoms with Crippen LogP contribution in [0.2, 0.25) is 0 Å². The van der Waals surface area contributed by atoms with Crippen LogP contribution in [-0.4, -0.2) is 26.8 Å². The summed E-state index contributed by atoms with van der Waals surface area (Å²) in [5.41, 5.74) is 4.64. The highest BCUT2D eigenvalue weighted by atomic mass is 16.5. The van der Waals surface area contributed by atoms with Gasteiger partial charge in [0.25, 0.3) is 0 Å². The van der Waals surface area contributed by atoms with E-state index in [2.05, 4.69) is 0 Å². The van der Waals surface area contributed by atoms with Gasteiger partial charge in [0, 0.05) is 11.5 Å². The van der Waals surface area contributed by atoms with Gasteiger partial charge in [-0.05, 0) is 59.0 Å². The number of hydrogen-bond acceptors (Lipinski definition) is 6. The Morgan fingerprint density at radius 1 is 0.700 bits per heavy atom. The normalized spacial score (nSPS) is 15.5. The summed E-state index contributed by atoms with van der Waals surface area (Å²) in [4.78, 5) is 12.7. The number of ether oxygens (including phenoxy) is 5. The second kappa shape index (κ2) is 12.9. The molecule has 1 heterocycles. The van der Waals surface area contributed by atoms with E-state index in [1.54, 1.807) is 14.2 Å². The van der Waals surface area contributed by atoms with Crippen LogP contribution in [0.3, 0.4) is 0 Å². The molecule has 204 valence electrons. The predicted octanol–water partition coefficient (Wildman–Crippen LogP) is 6.66. The number of carbonyl (C=O) groups excluding carboxylic acids is 1. The third kappa shape index (κ3) is 6.64. The Morgan fingerprint density at radius 3 is 1.88 bits per heavy atom. The average molecular weight is 537 g/mol. The van der Waals surface area contributed by atoms with Crippen LogP contribution >= 0.6 is 0 Å². The molecule has 0 N–H and O–H groups in total. The highest BCUT2D eigenvalue weighted by Gasteiger charge is 2.31. The molecule has 1 fully saturated rings. The third-order valence-corrected chi connectivity index (χ3v) is 6.79. The molecule has 0 bridgehead atoms. The molecule has 0 radical (unpaired) electrons. The molecular weight excluding hydrogens is 504 g/mol. The van der Waals surface area contributed by atoms with Gasteiger partial charge < -0.3 is 23.7 Å². The van der Waals surface area contributed by atoms with Crippen molar-refractivity contribution in [2.75, 3.05) is 20.8 Å². The summed E-state index contributed by atoms with van der Waals surface area (Å²) in [7, 11) is 3.23. The lowest BCUT2D eigenvalue weighted by molar-refractivity contribution is -0.135. The zero-order chi connectivity index (χ0) is 27.7. The van der Waals surface area contributed by atoms with Gasteiger partial charge in [0.2, 0.25) is 0 Å². The number of hydrogen-bond donors (Lipinski definition) is 0. The van der Waals surface area contributed by atoms with Crippen LogP contribution in [0, 0.1) is 5.92 Å². The maximum absolute atomic E-state index is 12.7. The van der Waals surface area contributed by atoms with Crippen molar-refractivity contribution in [2.24, 2.45) is 5.92 Å². The first-order valence-electron chi connectivity index (χ1n) is 13.2. The summed E-state index contributed by atoms with van der Waals surface area (Å²) in [5, 5.41) is 0. The van der Waals surface area contributed by atoms with Gasteiger partial charge in [-0.15, -0.1) is 0 Å². The van der Waals surface area contributed by atoms with Crippen molar-refractivity contribution in [3.8, 4) is 23.0 Å². The molecule has 1 unspecified atom stereocenters. The summed E-state index contributed by atoms with van der Waals surface area (Å²) in [5.74, 6) is 2.17. The molecule has 1 saturated heterocycles. The van der Waals surface area contributed by atoms with Gasteiger partial charge in [-0.1, -0.05) is 72.8 Å². The van der Waals surface area contributed by atoms with Gasteiger partial charge >= 0.3 is 5.97 Å². The van der Waals surface area contributed by atoms with Crippen molar-refractivity contribution in [2.45, 2.75) is 19.6 Å². The van der Waals surface area contributed by atoms with E-state index in [4.69, 9.17) is 23.7 Å². The zero-order valence-corrected chi connectivity index (χ0v) is 22.7. The van der Waals surface area contributed by atoms with Crippen molar-refractivity contribution in [1.29, 1.82) is 0 Å². The topological polar surface area (TPSA) is 63.2 Å². The smallest absolute Gasteiger partial charge is 0.334 e. The Bertz CT molecular complexity index is 1460. The minimum absolute atomic E-state index is 0.0895. The van der Waals surface area contributed by atoms with E-state index in [1.165, 1.54) is 0 Å². The Kier molecular flexibility index (Phi) is 8.66. The second-order valence-electron chi connectivity index (χ2n) is 9.54. The van der Waals surface area contributed by atoms with Gasteiger partial charge in [-0.3, -0.25) is 0 Å². The zero-order valence-electron chi connectivity index (χ0n) is 22.7. The standard InChI is InChI=1S/C34H32O6/c1-36-32-19-26(13-15-30(32)38-21-24-9-5-3-6-10-24)17-28-23-40-34(35)29(28)18-27-14-16-31(33(20-27)37-2)39-22-25-11-7-4-8-12-25/h3-16,18-20,28H,17,21-23H2,1-2H3/b29-18+. The number of benzene rings is 4. The van der Waals surface area contributed by atoms with Crippen LogP contribution in [0.25, 0.3) is 6.08 Å². The van der Waals surface area contributed by atoms with E-state index in [9.17, 15) is 4.79 Å². The summed E-state index contributed by atoms with van der Waals surface area (Å²) in [6.45, 7) is 1.22. The van der Waals surface area contributed by atoms with Crippen LogP contribution in [-0.2, 0) is 29.2 Å². The lowest BCUT2D eigenvalue weighted by Crippen LogP contribution is -2.08. The van der Waals surface area contributed by atoms with E-state index in [1.807, 2.05) is 103 Å². The van der Waals surface area contributed by atoms with Crippen LogP contribution < -0.4 is 18.9 Å². The molecule has 6 heteroatoms. The SMILES string of the molecule is COc1cc(/C=C2/C(=O)OCC2Cc2ccc(OCc3ccccc3)c(OC)c2)ccc1OCc1ccccc1. The van der Waals surface area contributed by atoms with E-state index in [0.29, 0.717) is 54.8 Å². The molecule has 6 nitrogen and oxygen atoms in total. The molecule has 1 aliphatic heterocycles. The first-order valence-corrected chi connectivity index (χ1v) is 13.2. The minimum atomic E-state index is -0.303. The number of methoxy groups -OCH3 is 2. The van der Waals surface area contributed by atoms with Crippen molar-refractivity contribution < 1.29 is 28.5 Å². The quantitative estimate of drug-likeness (QED) is 0.158. The lowest BCUT2D eigenvalue weighted by Gasteiger charge is -2.14. The molecule has 1 atom stereocenters. The van der Waals surface area contributed by atoms with Crippen molar-refractivity contribution in [3.05, 3.63) is 125 Å². The molecule has 4 aromatic carbocycles. The molecule has 40 heavy (non-hydrogen) atoms. The summed E-state index contributed by atoms with van der Waals surface area (Å²) in [6.07, 6.45) is 2.50. The first kappa shape index (κ1) is 26.9. The summed E-state index contributed by atoms with van der Waals surface area (Å²) in [6, 6.07) is 31.5. The largest absolute Gasteiger partial charge is 0.493 e. The van der Waals surface area contributed by atoms with Crippen LogP contribution in [0.5, 0.6) is 23.0 Å². The fraction of sp³-hybridized carbons (Fsp3) is 0.206. The molecular formula is C34H32O6. The van der Waals surface area contributed by atoms with Crippen LogP contribution in [0.4, 0.5) is 0 Å². The summed E-state index contributed by atoms with van der Waals surface area (Å²) >= 11 is 0. The fourth-order valence-electron chi connectivity index (χ4n) is 4.65. The Hall–Kier alpha value is -4.71. The number of esters is 1. The lowest BCUT2D eigenvalue weighted by atomic mass is 9.92. The van der Waals surface area contributed by atoms with Gasteiger partial charge in [0.1, 0.15) is 13.2 Å². The maximum Gasteiger partial charge on any atom is 0.334 e. The molecule has 1 aliphatic rings.